The van der Waals surface area contributed by atoms with Crippen LogP contribution in [0.4, 0.5) is 0 Å². The largest absolute Gasteiger partial charge is 0.425 e. The third-order valence-electron chi connectivity index (χ3n) is 1.53. The van der Waals surface area contributed by atoms with Crippen LogP contribution in [0.2, 0.25) is 0 Å². The Kier molecular flexibility index (Phi) is 1.49. The Bertz CT molecular complexity index is 441. The van der Waals surface area contributed by atoms with E-state index >= 15 is 0 Å². The average Bonchev–Trinajstić information content (AvgIpc) is 2.51. The van der Waals surface area contributed by atoms with Gasteiger partial charge in [0.05, 0.1) is 12.5 Å². The predicted molar refractivity (Wildman–Crippen MR) is 41.1 cm³/mol. The molecule has 0 saturated heterocycles. The van der Waals surface area contributed by atoms with Crippen LogP contribution < -0.4 is 0 Å². The Morgan fingerprint density at radius 2 is 2.42 bits per heavy atom. The third kappa shape index (κ3) is 1.01. The molecule has 0 bridgehead atoms. The Morgan fingerprint density at radius 3 is 3.25 bits per heavy atom. The highest BCUT2D eigenvalue weighted by Crippen LogP contribution is 2.10. The number of rotatable bonds is 1. The molecule has 0 aliphatic carbocycles. The van der Waals surface area contributed by atoms with Gasteiger partial charge in [0.15, 0.2) is 6.39 Å². The first-order valence-electron chi connectivity index (χ1n) is 3.45. The first kappa shape index (κ1) is 6.80. The van der Waals surface area contributed by atoms with Crippen LogP contribution in [-0.2, 0) is 6.42 Å². The van der Waals surface area contributed by atoms with Gasteiger partial charge in [-0.3, -0.25) is 0 Å². The van der Waals surface area contributed by atoms with Crippen LogP contribution in [0.3, 0.4) is 0 Å². The molecule has 58 valence electrons. The van der Waals surface area contributed by atoms with Crippen LogP contribution in [0.5, 0.6) is 0 Å². The van der Waals surface area contributed by atoms with Gasteiger partial charge in [-0.05, 0) is 11.6 Å². The molecule has 0 saturated carbocycles. The number of nitriles is 1. The summed E-state index contributed by atoms with van der Waals surface area (Å²) in [4.78, 5) is 7.90. The zero-order valence-electron chi connectivity index (χ0n) is 6.19. The number of nitrogens with zero attached hydrogens (tertiary/aromatic N) is 3. The fraction of sp³-hybridized carbons (Fsp3) is 0.125. The van der Waals surface area contributed by atoms with E-state index in [0.717, 1.165) is 5.56 Å². The second-order valence-electron chi connectivity index (χ2n) is 2.36. The summed E-state index contributed by atoms with van der Waals surface area (Å²) < 4.78 is 4.95. The molecule has 12 heavy (non-hydrogen) atoms. The van der Waals surface area contributed by atoms with Gasteiger partial charge >= 0.3 is 0 Å². The average molecular weight is 159 g/mol. The van der Waals surface area contributed by atoms with E-state index < -0.39 is 0 Å². The molecule has 2 rings (SSSR count). The topological polar surface area (TPSA) is 62.7 Å². The normalized spacial score (nSPS) is 9.92. The number of aromatic nitrogens is 2. The van der Waals surface area contributed by atoms with Crippen molar-refractivity contribution in [2.45, 2.75) is 6.42 Å². The van der Waals surface area contributed by atoms with Crippen molar-refractivity contribution in [3.8, 4) is 6.07 Å². The maximum atomic E-state index is 8.42. The number of fused-ring (bicyclic) bond motifs is 1. The van der Waals surface area contributed by atoms with Crippen LogP contribution >= 0.6 is 0 Å². The summed E-state index contributed by atoms with van der Waals surface area (Å²) in [6.45, 7) is 0. The lowest BCUT2D eigenvalue weighted by Crippen LogP contribution is -1.83. The van der Waals surface area contributed by atoms with E-state index in [1.54, 1.807) is 12.3 Å². The third-order valence-corrected chi connectivity index (χ3v) is 1.53. The molecule has 2 aromatic rings. The molecular formula is C8H5N3O. The van der Waals surface area contributed by atoms with Gasteiger partial charge in [0.2, 0.25) is 5.71 Å². The number of pyridine rings is 1. The molecule has 0 aromatic carbocycles. The molecule has 2 aromatic heterocycles. The molecule has 0 aliphatic rings. The van der Waals surface area contributed by atoms with Gasteiger partial charge in [-0.25, -0.2) is 9.97 Å². The molecule has 2 heterocycles. The van der Waals surface area contributed by atoms with Crippen molar-refractivity contribution in [3.63, 3.8) is 0 Å². The highest BCUT2D eigenvalue weighted by atomic mass is 16.3. The van der Waals surface area contributed by atoms with Crippen molar-refractivity contribution >= 4 is 11.2 Å². The summed E-state index contributed by atoms with van der Waals surface area (Å²) in [6.07, 6.45) is 3.32. The summed E-state index contributed by atoms with van der Waals surface area (Å²) in [5.41, 5.74) is 2.07. The van der Waals surface area contributed by atoms with Gasteiger partial charge in [0.25, 0.3) is 0 Å². The van der Waals surface area contributed by atoms with Crippen LogP contribution in [0.1, 0.15) is 5.56 Å². The summed E-state index contributed by atoms with van der Waals surface area (Å²) in [6, 6.07) is 3.84. The van der Waals surface area contributed by atoms with E-state index in [1.165, 1.54) is 6.39 Å². The molecule has 0 N–H and O–H groups in total. The molecule has 0 radical (unpaired) electrons. The van der Waals surface area contributed by atoms with E-state index in [2.05, 4.69) is 9.97 Å². The maximum absolute atomic E-state index is 8.42. The lowest BCUT2D eigenvalue weighted by molar-refractivity contribution is 0.590. The highest BCUT2D eigenvalue weighted by Gasteiger charge is 2.00. The second kappa shape index (κ2) is 2.62. The predicted octanol–water partition coefficient (Wildman–Crippen LogP) is 1.29. The summed E-state index contributed by atoms with van der Waals surface area (Å²) in [5.74, 6) is 0. The smallest absolute Gasteiger partial charge is 0.246 e. The number of hydrogen-bond acceptors (Lipinski definition) is 4. The fourth-order valence-electron chi connectivity index (χ4n) is 0.987. The van der Waals surface area contributed by atoms with E-state index in [-0.39, 0.29) is 0 Å². The quantitative estimate of drug-likeness (QED) is 0.628. The molecule has 0 spiro atoms. The zero-order chi connectivity index (χ0) is 8.39. The molecule has 0 aliphatic heterocycles. The van der Waals surface area contributed by atoms with E-state index in [1.807, 2.05) is 6.07 Å². The van der Waals surface area contributed by atoms with Gasteiger partial charge in [-0.15, -0.1) is 0 Å². The number of hydrogen-bond donors (Lipinski definition) is 0. The van der Waals surface area contributed by atoms with Gasteiger partial charge in [0, 0.05) is 6.20 Å². The lowest BCUT2D eigenvalue weighted by atomic mass is 10.2. The molecule has 0 unspecified atom stereocenters. The Hall–Kier alpha value is -1.89. The SMILES string of the molecule is N#CCc1cnc2ocnc2c1. The van der Waals surface area contributed by atoms with Gasteiger partial charge in [0.1, 0.15) is 5.52 Å². The fourth-order valence-corrected chi connectivity index (χ4v) is 0.987. The summed E-state index contributed by atoms with van der Waals surface area (Å²) in [5, 5.41) is 8.42. The Morgan fingerprint density at radius 1 is 1.50 bits per heavy atom. The van der Waals surface area contributed by atoms with Crippen LogP contribution in [0, 0.1) is 11.3 Å². The first-order valence-corrected chi connectivity index (χ1v) is 3.45. The summed E-state index contributed by atoms with van der Waals surface area (Å²) in [7, 11) is 0. The minimum absolute atomic E-state index is 0.357. The van der Waals surface area contributed by atoms with E-state index in [9.17, 15) is 0 Å². The molecular weight excluding hydrogens is 154 g/mol. The van der Waals surface area contributed by atoms with Gasteiger partial charge in [-0.1, -0.05) is 0 Å². The monoisotopic (exact) mass is 159 g/mol. The lowest BCUT2D eigenvalue weighted by Gasteiger charge is -1.90. The Balaban J connectivity index is 2.54. The summed E-state index contributed by atoms with van der Waals surface area (Å²) >= 11 is 0. The standard InChI is InChI=1S/C8H5N3O/c9-2-1-6-3-7-8(10-4-6)12-5-11-7/h3-5H,1H2. The second-order valence-corrected chi connectivity index (χ2v) is 2.36. The number of oxazole rings is 1. The van der Waals surface area contributed by atoms with Crippen molar-refractivity contribution in [2.75, 3.05) is 0 Å². The molecule has 4 heteroatoms. The Labute approximate surface area is 68.5 Å². The van der Waals surface area contributed by atoms with Crippen molar-refractivity contribution in [1.29, 1.82) is 5.26 Å². The molecule has 0 fully saturated rings. The maximum Gasteiger partial charge on any atom is 0.246 e. The highest BCUT2D eigenvalue weighted by molar-refractivity contribution is 5.67. The van der Waals surface area contributed by atoms with Crippen molar-refractivity contribution < 1.29 is 4.42 Å². The molecule has 0 atom stereocenters. The first-order chi connectivity index (χ1) is 5.90. The minimum atomic E-state index is 0.357. The molecule has 0 amide bonds. The van der Waals surface area contributed by atoms with E-state index in [4.69, 9.17) is 9.68 Å². The van der Waals surface area contributed by atoms with Crippen molar-refractivity contribution in [3.05, 3.63) is 24.2 Å². The van der Waals surface area contributed by atoms with Crippen molar-refractivity contribution in [1.82, 2.24) is 9.97 Å². The van der Waals surface area contributed by atoms with Crippen LogP contribution in [-0.4, -0.2) is 9.97 Å². The zero-order valence-corrected chi connectivity index (χ0v) is 6.19. The van der Waals surface area contributed by atoms with Crippen molar-refractivity contribution in [2.24, 2.45) is 0 Å². The molecule has 4 nitrogen and oxygen atoms in total. The van der Waals surface area contributed by atoms with Gasteiger partial charge in [-0.2, -0.15) is 5.26 Å². The minimum Gasteiger partial charge on any atom is -0.425 e. The van der Waals surface area contributed by atoms with Crippen LogP contribution in [0.15, 0.2) is 23.1 Å². The van der Waals surface area contributed by atoms with Gasteiger partial charge < -0.3 is 4.42 Å². The van der Waals surface area contributed by atoms with E-state index in [0.29, 0.717) is 17.7 Å². The van der Waals surface area contributed by atoms with Crippen LogP contribution in [0.25, 0.3) is 11.2 Å².